The predicted octanol–water partition coefficient (Wildman–Crippen LogP) is 4.45. The summed E-state index contributed by atoms with van der Waals surface area (Å²) in [6, 6.07) is 20.2. The van der Waals surface area contributed by atoms with Crippen molar-refractivity contribution in [1.82, 2.24) is 10.2 Å². The zero-order valence-electron chi connectivity index (χ0n) is 20.8. The van der Waals surface area contributed by atoms with Crippen LogP contribution in [0.1, 0.15) is 16.7 Å². The fourth-order valence-corrected chi connectivity index (χ4v) is 5.28. The van der Waals surface area contributed by atoms with Crippen LogP contribution in [-0.4, -0.2) is 51.0 Å². The second kappa shape index (κ2) is 12.4. The Hall–Kier alpha value is -3.07. The van der Waals surface area contributed by atoms with E-state index in [-0.39, 0.29) is 18.9 Å². The lowest BCUT2D eigenvalue weighted by Crippen LogP contribution is -2.53. The van der Waals surface area contributed by atoms with E-state index in [0.717, 1.165) is 16.1 Å². The van der Waals surface area contributed by atoms with Crippen LogP contribution < -0.4 is 9.62 Å². The lowest BCUT2D eigenvalue weighted by Gasteiger charge is -2.33. The van der Waals surface area contributed by atoms with Crippen molar-refractivity contribution in [2.24, 2.45) is 0 Å². The van der Waals surface area contributed by atoms with Crippen LogP contribution in [0.15, 0.2) is 72.8 Å². The Balaban J connectivity index is 2.06. The summed E-state index contributed by atoms with van der Waals surface area (Å²) in [7, 11) is -2.37. The van der Waals surface area contributed by atoms with Crippen molar-refractivity contribution in [3.05, 3.63) is 99.5 Å². The van der Waals surface area contributed by atoms with E-state index in [1.165, 1.54) is 18.0 Å². The minimum absolute atomic E-state index is 0.0520. The van der Waals surface area contributed by atoms with Gasteiger partial charge in [0.05, 0.1) is 11.9 Å². The molecule has 1 atom stereocenters. The molecule has 0 aliphatic rings. The molecular weight excluding hydrogens is 533 g/mol. The Morgan fingerprint density at radius 1 is 0.919 bits per heavy atom. The Morgan fingerprint density at radius 2 is 1.57 bits per heavy atom. The van der Waals surface area contributed by atoms with Crippen molar-refractivity contribution < 1.29 is 18.0 Å². The molecule has 3 aromatic carbocycles. The van der Waals surface area contributed by atoms with Gasteiger partial charge in [-0.3, -0.25) is 13.9 Å². The van der Waals surface area contributed by atoms with E-state index in [9.17, 15) is 18.0 Å². The molecule has 0 radical (unpaired) electrons. The maximum absolute atomic E-state index is 13.9. The maximum Gasteiger partial charge on any atom is 0.244 e. The molecule has 3 rings (SSSR count). The molecule has 0 aliphatic heterocycles. The van der Waals surface area contributed by atoms with Crippen LogP contribution in [0.25, 0.3) is 0 Å². The topological polar surface area (TPSA) is 86.8 Å². The average molecular weight is 563 g/mol. The number of benzene rings is 3. The second-order valence-corrected chi connectivity index (χ2v) is 11.5. The summed E-state index contributed by atoms with van der Waals surface area (Å²) >= 11 is 12.3. The predicted molar refractivity (Wildman–Crippen MR) is 148 cm³/mol. The highest BCUT2D eigenvalue weighted by atomic mass is 35.5. The van der Waals surface area contributed by atoms with Crippen molar-refractivity contribution in [2.45, 2.75) is 25.9 Å². The van der Waals surface area contributed by atoms with E-state index in [1.807, 2.05) is 30.3 Å². The van der Waals surface area contributed by atoms with E-state index in [2.05, 4.69) is 5.32 Å². The van der Waals surface area contributed by atoms with Gasteiger partial charge in [0.1, 0.15) is 12.6 Å². The number of hydrogen-bond acceptors (Lipinski definition) is 4. The molecule has 0 spiro atoms. The SMILES string of the molecule is CNC(=O)[C@H](Cc1ccccc1)N(Cc1cccc(Cl)c1)C(=O)CN(c1cc(Cl)ccc1C)S(C)(=O)=O. The maximum atomic E-state index is 13.9. The van der Waals surface area contributed by atoms with Gasteiger partial charge in [-0.05, 0) is 47.9 Å². The summed E-state index contributed by atoms with van der Waals surface area (Å²) in [5.74, 6) is -0.918. The first-order valence-electron chi connectivity index (χ1n) is 11.5. The highest BCUT2D eigenvalue weighted by Crippen LogP contribution is 2.27. The first-order valence-corrected chi connectivity index (χ1v) is 14.1. The van der Waals surface area contributed by atoms with E-state index in [0.29, 0.717) is 26.9 Å². The molecular formula is C27H29Cl2N3O4S. The van der Waals surface area contributed by atoms with E-state index < -0.39 is 28.5 Å². The van der Waals surface area contributed by atoms with Crippen LogP contribution in [0.2, 0.25) is 10.0 Å². The van der Waals surface area contributed by atoms with Crippen LogP contribution in [0.4, 0.5) is 5.69 Å². The Labute approximate surface area is 228 Å². The summed E-state index contributed by atoms with van der Waals surface area (Å²) in [5.41, 5.74) is 2.49. The Bertz CT molecular complexity index is 1370. The molecule has 2 amide bonds. The molecule has 0 saturated carbocycles. The standard InChI is InChI=1S/C27H29Cl2N3O4S/c1-19-12-13-23(29)16-24(19)32(37(3,35)36)18-26(33)31(17-21-10-7-11-22(28)14-21)25(27(34)30-2)15-20-8-5-4-6-9-20/h4-14,16,25H,15,17-18H2,1-3H3,(H,30,34)/t25-/m0/s1. The number of amides is 2. The molecule has 196 valence electrons. The first-order chi connectivity index (χ1) is 17.5. The number of hydrogen-bond donors (Lipinski definition) is 1. The molecule has 0 saturated heterocycles. The van der Waals surface area contributed by atoms with Crippen molar-refractivity contribution in [1.29, 1.82) is 0 Å². The van der Waals surface area contributed by atoms with Crippen molar-refractivity contribution >= 4 is 50.7 Å². The average Bonchev–Trinajstić information content (AvgIpc) is 2.85. The summed E-state index contributed by atoms with van der Waals surface area (Å²) < 4.78 is 26.7. The van der Waals surface area contributed by atoms with Crippen LogP contribution in [-0.2, 0) is 32.6 Å². The number of anilines is 1. The third-order valence-electron chi connectivity index (χ3n) is 5.88. The van der Waals surface area contributed by atoms with Gasteiger partial charge < -0.3 is 10.2 Å². The molecule has 7 nitrogen and oxygen atoms in total. The highest BCUT2D eigenvalue weighted by molar-refractivity contribution is 7.92. The van der Waals surface area contributed by atoms with Crippen molar-refractivity contribution in [3.63, 3.8) is 0 Å². The summed E-state index contributed by atoms with van der Waals surface area (Å²) in [6.07, 6.45) is 1.27. The molecule has 0 aliphatic carbocycles. The minimum Gasteiger partial charge on any atom is -0.357 e. The fraction of sp³-hybridized carbons (Fsp3) is 0.259. The van der Waals surface area contributed by atoms with Crippen LogP contribution in [0.3, 0.4) is 0 Å². The van der Waals surface area contributed by atoms with Gasteiger partial charge in [-0.2, -0.15) is 0 Å². The van der Waals surface area contributed by atoms with Gasteiger partial charge in [-0.15, -0.1) is 0 Å². The monoisotopic (exact) mass is 561 g/mol. The van der Waals surface area contributed by atoms with Crippen LogP contribution >= 0.6 is 23.2 Å². The summed E-state index contributed by atoms with van der Waals surface area (Å²) in [6.45, 7) is 1.28. The molecule has 10 heteroatoms. The second-order valence-electron chi connectivity index (χ2n) is 8.67. The molecule has 0 aromatic heterocycles. The zero-order valence-corrected chi connectivity index (χ0v) is 23.1. The molecule has 1 N–H and O–H groups in total. The number of aryl methyl sites for hydroxylation is 1. The largest absolute Gasteiger partial charge is 0.357 e. The van der Waals surface area contributed by atoms with Crippen molar-refractivity contribution in [2.75, 3.05) is 24.2 Å². The van der Waals surface area contributed by atoms with Gasteiger partial charge in [0.25, 0.3) is 0 Å². The van der Waals surface area contributed by atoms with Gasteiger partial charge >= 0.3 is 0 Å². The molecule has 0 heterocycles. The summed E-state index contributed by atoms with van der Waals surface area (Å²) in [5, 5.41) is 3.46. The number of carbonyl (C=O) groups excluding carboxylic acids is 2. The Morgan fingerprint density at radius 3 is 2.19 bits per heavy atom. The number of halogens is 2. The van der Waals surface area contributed by atoms with E-state index in [4.69, 9.17) is 23.2 Å². The Kier molecular flexibility index (Phi) is 9.59. The molecule has 0 bridgehead atoms. The fourth-order valence-electron chi connectivity index (χ4n) is 4.00. The van der Waals surface area contributed by atoms with Crippen molar-refractivity contribution in [3.8, 4) is 0 Å². The van der Waals surface area contributed by atoms with Gasteiger partial charge in [0, 0.05) is 30.1 Å². The highest BCUT2D eigenvalue weighted by Gasteiger charge is 2.33. The molecule has 3 aromatic rings. The number of rotatable bonds is 10. The number of carbonyl (C=O) groups is 2. The normalized spacial score (nSPS) is 12.0. The zero-order chi connectivity index (χ0) is 27.2. The lowest BCUT2D eigenvalue weighted by molar-refractivity contribution is -0.139. The van der Waals surface area contributed by atoms with Crippen LogP contribution in [0, 0.1) is 6.92 Å². The van der Waals surface area contributed by atoms with Crippen LogP contribution in [0.5, 0.6) is 0 Å². The molecule has 0 unspecified atom stereocenters. The minimum atomic E-state index is -3.87. The quantitative estimate of drug-likeness (QED) is 0.396. The lowest BCUT2D eigenvalue weighted by atomic mass is 10.0. The smallest absolute Gasteiger partial charge is 0.244 e. The molecule has 0 fully saturated rings. The van der Waals surface area contributed by atoms with Gasteiger partial charge in [-0.25, -0.2) is 8.42 Å². The van der Waals surface area contributed by atoms with Gasteiger partial charge in [0.15, 0.2) is 0 Å². The van der Waals surface area contributed by atoms with Gasteiger partial charge in [-0.1, -0.05) is 71.7 Å². The third kappa shape index (κ3) is 7.71. The summed E-state index contributed by atoms with van der Waals surface area (Å²) in [4.78, 5) is 28.4. The van der Waals surface area contributed by atoms with Gasteiger partial charge in [0.2, 0.25) is 21.8 Å². The number of sulfonamides is 1. The number of nitrogens with zero attached hydrogens (tertiary/aromatic N) is 2. The first kappa shape index (κ1) is 28.5. The third-order valence-corrected chi connectivity index (χ3v) is 7.48. The number of nitrogens with one attached hydrogen (secondary N) is 1. The van der Waals surface area contributed by atoms with E-state index >= 15 is 0 Å². The van der Waals surface area contributed by atoms with E-state index in [1.54, 1.807) is 43.3 Å². The molecule has 37 heavy (non-hydrogen) atoms. The number of likely N-dealkylation sites (N-methyl/N-ethyl adjacent to an activating group) is 1.